The fourth-order valence-electron chi connectivity index (χ4n) is 1.78. The molecule has 1 aliphatic carbocycles. The summed E-state index contributed by atoms with van der Waals surface area (Å²) in [6, 6.07) is 1.86. The van der Waals surface area contributed by atoms with E-state index in [2.05, 4.69) is 31.9 Å². The van der Waals surface area contributed by atoms with Gasteiger partial charge in [-0.25, -0.2) is 0 Å². The van der Waals surface area contributed by atoms with Crippen LogP contribution in [0, 0.1) is 0 Å². The summed E-state index contributed by atoms with van der Waals surface area (Å²) < 4.78 is 7.01. The highest BCUT2D eigenvalue weighted by Crippen LogP contribution is 2.40. The van der Waals surface area contributed by atoms with Crippen molar-refractivity contribution in [2.75, 3.05) is 7.11 Å². The van der Waals surface area contributed by atoms with Crippen molar-refractivity contribution in [1.29, 1.82) is 0 Å². The van der Waals surface area contributed by atoms with Gasteiger partial charge in [0.15, 0.2) is 5.78 Å². The lowest BCUT2D eigenvalue weighted by Gasteiger charge is -2.10. The van der Waals surface area contributed by atoms with Crippen molar-refractivity contribution in [2.24, 2.45) is 0 Å². The third-order valence-corrected chi connectivity index (χ3v) is 3.58. The van der Waals surface area contributed by atoms with Crippen LogP contribution in [0.2, 0.25) is 0 Å². The average Bonchev–Trinajstić information content (AvgIpc) is 2.49. The van der Waals surface area contributed by atoms with Gasteiger partial charge in [-0.3, -0.25) is 4.79 Å². The highest BCUT2D eigenvalue weighted by molar-refractivity contribution is 9.11. The summed E-state index contributed by atoms with van der Waals surface area (Å²) in [6.07, 6.45) is 1.36. The lowest BCUT2D eigenvalue weighted by atomic mass is 10.1. The van der Waals surface area contributed by atoms with Gasteiger partial charge < -0.3 is 4.74 Å². The highest BCUT2D eigenvalue weighted by Gasteiger charge is 2.27. The number of Topliss-reactive ketones (excluding diaryl/α,β-unsaturated/α-hetero) is 1. The summed E-state index contributed by atoms with van der Waals surface area (Å²) in [7, 11) is 1.62. The van der Waals surface area contributed by atoms with Crippen molar-refractivity contribution in [1.82, 2.24) is 0 Å². The van der Waals surface area contributed by atoms with Gasteiger partial charge in [-0.15, -0.1) is 0 Å². The van der Waals surface area contributed by atoms with E-state index in [4.69, 9.17) is 4.74 Å². The zero-order valence-corrected chi connectivity index (χ0v) is 10.7. The van der Waals surface area contributed by atoms with Crippen molar-refractivity contribution in [3.05, 3.63) is 26.1 Å². The van der Waals surface area contributed by atoms with Gasteiger partial charge in [-0.05, 0) is 44.3 Å². The predicted molar refractivity (Wildman–Crippen MR) is 61.0 cm³/mol. The lowest BCUT2D eigenvalue weighted by molar-refractivity contribution is 0.0994. The molecule has 74 valence electrons. The first-order valence-electron chi connectivity index (χ1n) is 4.23. The van der Waals surface area contributed by atoms with Gasteiger partial charge in [0, 0.05) is 22.0 Å². The molecule has 0 bridgehead atoms. The molecule has 0 atom stereocenters. The fraction of sp³-hybridized carbons (Fsp3) is 0.300. The molecule has 0 amide bonds. The van der Waals surface area contributed by atoms with Gasteiger partial charge in [0.2, 0.25) is 0 Å². The van der Waals surface area contributed by atoms with Crippen molar-refractivity contribution in [3.8, 4) is 5.75 Å². The molecule has 0 spiro atoms. The first-order chi connectivity index (χ1) is 6.65. The van der Waals surface area contributed by atoms with Crippen LogP contribution in [0.1, 0.15) is 22.3 Å². The van der Waals surface area contributed by atoms with Crippen LogP contribution in [0.4, 0.5) is 0 Å². The molecule has 0 aromatic heterocycles. The maximum atomic E-state index is 11.6. The van der Waals surface area contributed by atoms with Crippen molar-refractivity contribution < 1.29 is 9.53 Å². The largest absolute Gasteiger partial charge is 0.495 e. The van der Waals surface area contributed by atoms with Crippen LogP contribution in [-0.4, -0.2) is 12.9 Å². The van der Waals surface area contributed by atoms with E-state index in [-0.39, 0.29) is 5.78 Å². The number of halogens is 2. The first kappa shape index (κ1) is 10.2. The summed E-state index contributed by atoms with van der Waals surface area (Å²) in [5.41, 5.74) is 1.80. The third-order valence-electron chi connectivity index (χ3n) is 2.37. The average molecular weight is 320 g/mol. The van der Waals surface area contributed by atoms with Gasteiger partial charge in [0.1, 0.15) is 5.75 Å². The minimum absolute atomic E-state index is 0.192. The SMILES string of the molecule is COc1c(Br)cc(Br)c2c1CCC2=O. The van der Waals surface area contributed by atoms with Crippen LogP contribution >= 0.6 is 31.9 Å². The van der Waals surface area contributed by atoms with Gasteiger partial charge in [-0.1, -0.05) is 0 Å². The second kappa shape index (κ2) is 3.66. The minimum atomic E-state index is 0.192. The maximum Gasteiger partial charge on any atom is 0.164 e. The number of ether oxygens (including phenoxy) is 1. The zero-order chi connectivity index (χ0) is 10.3. The third kappa shape index (κ3) is 1.41. The molecule has 1 aromatic rings. The Morgan fingerprint density at radius 2 is 2.00 bits per heavy atom. The predicted octanol–water partition coefficient (Wildman–Crippen LogP) is 3.35. The van der Waals surface area contributed by atoms with E-state index in [1.807, 2.05) is 6.07 Å². The Kier molecular flexibility index (Phi) is 2.66. The Bertz CT molecular complexity index is 413. The molecule has 1 aromatic carbocycles. The molecule has 0 aliphatic heterocycles. The number of benzene rings is 1. The number of rotatable bonds is 1. The molecule has 0 fully saturated rings. The van der Waals surface area contributed by atoms with Crippen LogP contribution in [0.25, 0.3) is 0 Å². The number of carbonyl (C=O) groups excluding carboxylic acids is 1. The highest BCUT2D eigenvalue weighted by atomic mass is 79.9. The smallest absolute Gasteiger partial charge is 0.164 e. The molecule has 0 saturated heterocycles. The summed E-state index contributed by atoms with van der Waals surface area (Å²) in [4.78, 5) is 11.6. The lowest BCUT2D eigenvalue weighted by Crippen LogP contribution is -1.96. The Balaban J connectivity index is 2.72. The first-order valence-corrected chi connectivity index (χ1v) is 5.81. The summed E-state index contributed by atoms with van der Waals surface area (Å²) >= 11 is 6.81. The van der Waals surface area contributed by atoms with E-state index in [9.17, 15) is 4.79 Å². The van der Waals surface area contributed by atoms with E-state index >= 15 is 0 Å². The molecule has 0 saturated carbocycles. The van der Waals surface area contributed by atoms with E-state index in [0.717, 1.165) is 32.2 Å². The maximum absolute atomic E-state index is 11.6. The van der Waals surface area contributed by atoms with Crippen LogP contribution in [-0.2, 0) is 6.42 Å². The Hall–Kier alpha value is -0.350. The molecule has 0 heterocycles. The summed E-state index contributed by atoms with van der Waals surface area (Å²) in [6.45, 7) is 0. The molecular weight excluding hydrogens is 312 g/mol. The molecule has 2 nitrogen and oxygen atoms in total. The van der Waals surface area contributed by atoms with E-state index in [1.165, 1.54) is 0 Å². The molecule has 14 heavy (non-hydrogen) atoms. The fourth-order valence-corrected chi connectivity index (χ4v) is 3.40. The standard InChI is InChI=1S/C10H8Br2O2/c1-14-10-5-2-3-8(13)9(5)6(11)4-7(10)12/h4H,2-3H2,1H3. The molecular formula is C10H8Br2O2. The van der Waals surface area contributed by atoms with E-state index < -0.39 is 0 Å². The monoisotopic (exact) mass is 318 g/mol. The topological polar surface area (TPSA) is 26.3 Å². The van der Waals surface area contributed by atoms with Crippen molar-refractivity contribution >= 4 is 37.6 Å². The van der Waals surface area contributed by atoms with E-state index in [1.54, 1.807) is 7.11 Å². The molecule has 0 unspecified atom stereocenters. The Morgan fingerprint density at radius 3 is 2.64 bits per heavy atom. The van der Waals surface area contributed by atoms with Crippen molar-refractivity contribution in [3.63, 3.8) is 0 Å². The zero-order valence-electron chi connectivity index (χ0n) is 7.56. The summed E-state index contributed by atoms with van der Waals surface area (Å²) in [5, 5.41) is 0. The number of hydrogen-bond acceptors (Lipinski definition) is 2. The molecule has 4 heteroatoms. The Morgan fingerprint density at radius 1 is 1.29 bits per heavy atom. The quantitative estimate of drug-likeness (QED) is 0.793. The van der Waals surface area contributed by atoms with Crippen LogP contribution in [0.15, 0.2) is 15.0 Å². The number of methoxy groups -OCH3 is 1. The normalized spacial score (nSPS) is 14.4. The molecule has 1 aliphatic rings. The van der Waals surface area contributed by atoms with Gasteiger partial charge >= 0.3 is 0 Å². The number of hydrogen-bond donors (Lipinski definition) is 0. The molecule has 0 radical (unpaired) electrons. The minimum Gasteiger partial charge on any atom is -0.495 e. The number of fused-ring (bicyclic) bond motifs is 1. The van der Waals surface area contributed by atoms with Gasteiger partial charge in [0.05, 0.1) is 11.6 Å². The second-order valence-electron chi connectivity index (χ2n) is 3.15. The van der Waals surface area contributed by atoms with Gasteiger partial charge in [0.25, 0.3) is 0 Å². The number of ketones is 1. The molecule has 2 rings (SSSR count). The Labute approximate surface area is 98.9 Å². The molecule has 0 N–H and O–H groups in total. The number of carbonyl (C=O) groups is 1. The van der Waals surface area contributed by atoms with Crippen LogP contribution in [0.3, 0.4) is 0 Å². The van der Waals surface area contributed by atoms with Crippen LogP contribution < -0.4 is 4.74 Å². The second-order valence-corrected chi connectivity index (χ2v) is 4.86. The summed E-state index contributed by atoms with van der Waals surface area (Å²) in [5.74, 6) is 0.978. The van der Waals surface area contributed by atoms with E-state index in [0.29, 0.717) is 6.42 Å². The van der Waals surface area contributed by atoms with Crippen molar-refractivity contribution in [2.45, 2.75) is 12.8 Å². The van der Waals surface area contributed by atoms with Gasteiger partial charge in [-0.2, -0.15) is 0 Å². The van der Waals surface area contributed by atoms with Crippen LogP contribution in [0.5, 0.6) is 5.75 Å².